The number of anilines is 2. The number of benzene rings is 2. The van der Waals surface area contributed by atoms with Crippen LogP contribution in [0.3, 0.4) is 0 Å². The predicted molar refractivity (Wildman–Crippen MR) is 74.7 cm³/mol. The van der Waals surface area contributed by atoms with E-state index in [1.54, 1.807) is 18.2 Å². The smallest absolute Gasteiger partial charge is 0.261 e. The standard InChI is InChI=1S/C15H14F2N2O/c1-9-4-3-5-11(6-9)19(2)15(20)12-7-10(16)8-13(18)14(12)17/h3-8H,18H2,1-2H3. The summed E-state index contributed by atoms with van der Waals surface area (Å²) in [5.74, 6) is -2.31. The summed E-state index contributed by atoms with van der Waals surface area (Å²) >= 11 is 0. The highest BCUT2D eigenvalue weighted by atomic mass is 19.1. The van der Waals surface area contributed by atoms with Gasteiger partial charge in [-0.2, -0.15) is 0 Å². The Kier molecular flexibility index (Phi) is 3.70. The Bertz CT molecular complexity index is 671. The van der Waals surface area contributed by atoms with Crippen molar-refractivity contribution in [3.8, 4) is 0 Å². The summed E-state index contributed by atoms with van der Waals surface area (Å²) in [6, 6.07) is 8.84. The van der Waals surface area contributed by atoms with Gasteiger partial charge in [0, 0.05) is 12.7 Å². The van der Waals surface area contributed by atoms with Gasteiger partial charge in [0.2, 0.25) is 0 Å². The number of carbonyl (C=O) groups excluding carboxylic acids is 1. The maximum absolute atomic E-state index is 13.8. The summed E-state index contributed by atoms with van der Waals surface area (Å²) in [5, 5.41) is 0. The number of nitrogens with two attached hydrogens (primary N) is 1. The molecule has 2 aromatic carbocycles. The molecule has 1 amide bonds. The van der Waals surface area contributed by atoms with Crippen LogP contribution in [0.25, 0.3) is 0 Å². The molecule has 0 bridgehead atoms. The largest absolute Gasteiger partial charge is 0.396 e. The molecule has 0 atom stereocenters. The van der Waals surface area contributed by atoms with Crippen molar-refractivity contribution in [2.24, 2.45) is 0 Å². The van der Waals surface area contributed by atoms with Crippen LogP contribution in [0.5, 0.6) is 0 Å². The van der Waals surface area contributed by atoms with E-state index in [0.29, 0.717) is 5.69 Å². The van der Waals surface area contributed by atoms with Crippen LogP contribution in [0.1, 0.15) is 15.9 Å². The van der Waals surface area contributed by atoms with Gasteiger partial charge in [0.1, 0.15) is 5.82 Å². The first kappa shape index (κ1) is 14.0. The van der Waals surface area contributed by atoms with Gasteiger partial charge in [0.15, 0.2) is 5.82 Å². The third-order valence-corrected chi connectivity index (χ3v) is 2.99. The SMILES string of the molecule is Cc1cccc(N(C)C(=O)c2cc(F)cc(N)c2F)c1. The van der Waals surface area contributed by atoms with E-state index in [0.717, 1.165) is 17.7 Å². The Balaban J connectivity index is 2.41. The van der Waals surface area contributed by atoms with Crippen LogP contribution in [-0.2, 0) is 0 Å². The molecule has 20 heavy (non-hydrogen) atoms. The van der Waals surface area contributed by atoms with Crippen LogP contribution in [0.15, 0.2) is 36.4 Å². The fraction of sp³-hybridized carbons (Fsp3) is 0.133. The average molecular weight is 276 g/mol. The van der Waals surface area contributed by atoms with Crippen LogP contribution < -0.4 is 10.6 Å². The van der Waals surface area contributed by atoms with Gasteiger partial charge in [-0.3, -0.25) is 4.79 Å². The normalized spacial score (nSPS) is 10.4. The molecule has 2 N–H and O–H groups in total. The van der Waals surface area contributed by atoms with Gasteiger partial charge in [-0.15, -0.1) is 0 Å². The van der Waals surface area contributed by atoms with Crippen molar-refractivity contribution in [2.45, 2.75) is 6.92 Å². The Hall–Kier alpha value is -2.43. The number of halogens is 2. The molecule has 0 heterocycles. The summed E-state index contributed by atoms with van der Waals surface area (Å²) in [6.45, 7) is 1.88. The first-order valence-electron chi connectivity index (χ1n) is 5.99. The summed E-state index contributed by atoms with van der Waals surface area (Å²) in [7, 11) is 1.50. The molecule has 0 aromatic heterocycles. The zero-order chi connectivity index (χ0) is 14.9. The van der Waals surface area contributed by atoms with E-state index in [4.69, 9.17) is 5.73 Å². The molecule has 104 valence electrons. The van der Waals surface area contributed by atoms with Gasteiger partial charge in [-0.1, -0.05) is 12.1 Å². The average Bonchev–Trinajstić information content (AvgIpc) is 2.41. The monoisotopic (exact) mass is 276 g/mol. The second kappa shape index (κ2) is 5.28. The van der Waals surface area contributed by atoms with Crippen molar-refractivity contribution in [2.75, 3.05) is 17.7 Å². The Morgan fingerprint density at radius 2 is 1.90 bits per heavy atom. The molecule has 2 aromatic rings. The highest BCUT2D eigenvalue weighted by Gasteiger charge is 2.20. The number of aryl methyl sites for hydroxylation is 1. The van der Waals surface area contributed by atoms with Gasteiger partial charge in [-0.05, 0) is 36.8 Å². The van der Waals surface area contributed by atoms with Crippen molar-refractivity contribution >= 4 is 17.3 Å². The van der Waals surface area contributed by atoms with Crippen molar-refractivity contribution in [3.05, 3.63) is 59.2 Å². The summed E-state index contributed by atoms with van der Waals surface area (Å²) < 4.78 is 27.1. The minimum absolute atomic E-state index is 0.383. The van der Waals surface area contributed by atoms with E-state index >= 15 is 0 Å². The maximum atomic E-state index is 13.8. The number of hydrogen-bond acceptors (Lipinski definition) is 2. The number of rotatable bonds is 2. The van der Waals surface area contributed by atoms with E-state index in [9.17, 15) is 13.6 Å². The van der Waals surface area contributed by atoms with Crippen LogP contribution >= 0.6 is 0 Å². The maximum Gasteiger partial charge on any atom is 0.261 e. The molecular weight excluding hydrogens is 262 g/mol. The number of carbonyl (C=O) groups is 1. The second-order valence-electron chi connectivity index (χ2n) is 4.56. The fourth-order valence-electron chi connectivity index (χ4n) is 1.90. The highest BCUT2D eigenvalue weighted by molar-refractivity contribution is 6.06. The third kappa shape index (κ3) is 2.61. The Morgan fingerprint density at radius 1 is 1.20 bits per heavy atom. The molecule has 0 radical (unpaired) electrons. The molecule has 2 rings (SSSR count). The van der Waals surface area contributed by atoms with Crippen molar-refractivity contribution in [3.63, 3.8) is 0 Å². The molecule has 0 aliphatic rings. The third-order valence-electron chi connectivity index (χ3n) is 2.99. The van der Waals surface area contributed by atoms with Crippen LogP contribution in [-0.4, -0.2) is 13.0 Å². The molecule has 0 unspecified atom stereocenters. The van der Waals surface area contributed by atoms with Gasteiger partial charge in [0.05, 0.1) is 11.3 Å². The molecule has 0 saturated heterocycles. The molecule has 0 spiro atoms. The molecule has 5 heteroatoms. The summed E-state index contributed by atoms with van der Waals surface area (Å²) in [6.07, 6.45) is 0. The lowest BCUT2D eigenvalue weighted by atomic mass is 10.1. The lowest BCUT2D eigenvalue weighted by Gasteiger charge is -2.18. The minimum atomic E-state index is -0.907. The van der Waals surface area contributed by atoms with Gasteiger partial charge in [0.25, 0.3) is 5.91 Å². The van der Waals surface area contributed by atoms with Gasteiger partial charge >= 0.3 is 0 Å². The zero-order valence-electron chi connectivity index (χ0n) is 11.2. The van der Waals surface area contributed by atoms with Crippen molar-refractivity contribution in [1.82, 2.24) is 0 Å². The number of nitrogen functional groups attached to an aromatic ring is 1. The first-order valence-corrected chi connectivity index (χ1v) is 5.99. The highest BCUT2D eigenvalue weighted by Crippen LogP contribution is 2.22. The molecular formula is C15H14F2N2O. The lowest BCUT2D eigenvalue weighted by Crippen LogP contribution is -2.27. The zero-order valence-corrected chi connectivity index (χ0v) is 11.2. The van der Waals surface area contributed by atoms with Crippen LogP contribution in [0.4, 0.5) is 20.2 Å². The van der Waals surface area contributed by atoms with Crippen molar-refractivity contribution in [1.29, 1.82) is 0 Å². The predicted octanol–water partition coefficient (Wildman–Crippen LogP) is 3.13. The first-order chi connectivity index (χ1) is 9.40. The molecule has 0 saturated carbocycles. The van der Waals surface area contributed by atoms with E-state index in [2.05, 4.69) is 0 Å². The number of nitrogens with zero attached hydrogens (tertiary/aromatic N) is 1. The molecule has 0 fully saturated rings. The topological polar surface area (TPSA) is 46.3 Å². The van der Waals surface area contributed by atoms with Gasteiger partial charge < -0.3 is 10.6 Å². The van der Waals surface area contributed by atoms with Crippen LogP contribution in [0, 0.1) is 18.6 Å². The number of hydrogen-bond donors (Lipinski definition) is 1. The quantitative estimate of drug-likeness (QED) is 0.856. The summed E-state index contributed by atoms with van der Waals surface area (Å²) in [4.78, 5) is 13.5. The van der Waals surface area contributed by atoms with E-state index in [-0.39, 0.29) is 11.3 Å². The van der Waals surface area contributed by atoms with Crippen molar-refractivity contribution < 1.29 is 13.6 Å². The van der Waals surface area contributed by atoms with Crippen LogP contribution in [0.2, 0.25) is 0 Å². The Labute approximate surface area is 115 Å². The molecule has 0 aliphatic heterocycles. The van der Waals surface area contributed by atoms with E-state index in [1.165, 1.54) is 11.9 Å². The molecule has 3 nitrogen and oxygen atoms in total. The lowest BCUT2D eigenvalue weighted by molar-refractivity contribution is 0.0989. The number of amides is 1. The summed E-state index contributed by atoms with van der Waals surface area (Å²) in [5.41, 5.74) is 6.12. The van der Waals surface area contributed by atoms with E-state index in [1.807, 2.05) is 13.0 Å². The Morgan fingerprint density at radius 3 is 2.55 bits per heavy atom. The molecule has 0 aliphatic carbocycles. The second-order valence-corrected chi connectivity index (χ2v) is 4.56. The fourth-order valence-corrected chi connectivity index (χ4v) is 1.90. The van der Waals surface area contributed by atoms with E-state index < -0.39 is 17.5 Å². The minimum Gasteiger partial charge on any atom is -0.396 e. The van der Waals surface area contributed by atoms with Gasteiger partial charge in [-0.25, -0.2) is 8.78 Å².